The number of thiol groups is 2. The van der Waals surface area contributed by atoms with Crippen molar-refractivity contribution in [1.29, 1.82) is 0 Å². The van der Waals surface area contributed by atoms with Gasteiger partial charge in [0, 0.05) is 0 Å². The third kappa shape index (κ3) is 22.7. The van der Waals surface area contributed by atoms with Crippen LogP contribution >= 0.6 is 25.3 Å². The second-order valence-electron chi connectivity index (χ2n) is 6.01. The van der Waals surface area contributed by atoms with Crippen LogP contribution in [0.25, 0.3) is 0 Å². The van der Waals surface area contributed by atoms with Crippen LogP contribution < -0.4 is 0 Å². The summed E-state index contributed by atoms with van der Waals surface area (Å²) in [6.07, 6.45) is 4.52. The predicted octanol–water partition coefficient (Wildman–Crippen LogP) is 1.87. The summed E-state index contributed by atoms with van der Waals surface area (Å²) < 4.78 is 32.6. The van der Waals surface area contributed by atoms with Crippen molar-refractivity contribution in [1.82, 2.24) is 0 Å². The Morgan fingerprint density at radius 3 is 1.25 bits per heavy atom. The first-order valence-corrected chi connectivity index (χ1v) is 11.4. The molecule has 1 N–H and O–H groups in total. The molecule has 0 aromatic carbocycles. The van der Waals surface area contributed by atoms with Gasteiger partial charge in [-0.15, -0.1) is 0 Å². The van der Waals surface area contributed by atoms with Gasteiger partial charge in [0.2, 0.25) is 0 Å². The van der Waals surface area contributed by atoms with Gasteiger partial charge in [0.05, 0.1) is 85.4 Å². The van der Waals surface area contributed by atoms with E-state index in [4.69, 9.17) is 33.5 Å². The van der Waals surface area contributed by atoms with Crippen LogP contribution in [0.2, 0.25) is 0 Å². The van der Waals surface area contributed by atoms with Crippen LogP contribution in [-0.2, 0) is 28.4 Å². The summed E-state index contributed by atoms with van der Waals surface area (Å²) in [7, 11) is 0. The smallest absolute Gasteiger partial charge is 0.0704 e. The molecular weight excluding hydrogens is 404 g/mol. The molecule has 0 aromatic heterocycles. The highest BCUT2D eigenvalue weighted by molar-refractivity contribution is 7.80. The molecule has 9 heteroatoms. The van der Waals surface area contributed by atoms with Gasteiger partial charge in [-0.3, -0.25) is 0 Å². The van der Waals surface area contributed by atoms with Crippen LogP contribution in [0.5, 0.6) is 0 Å². The molecule has 170 valence electrons. The fraction of sp³-hybridized carbons (Fsp3) is 1.00. The lowest BCUT2D eigenvalue weighted by Crippen LogP contribution is -2.18. The van der Waals surface area contributed by atoms with E-state index in [1.54, 1.807) is 0 Å². The summed E-state index contributed by atoms with van der Waals surface area (Å²) in [5.74, 6) is 1.79. The summed E-state index contributed by atoms with van der Waals surface area (Å²) in [4.78, 5) is 0. The molecule has 0 aromatic rings. The third-order valence-electron chi connectivity index (χ3n) is 3.67. The van der Waals surface area contributed by atoms with E-state index in [1.165, 1.54) is 0 Å². The van der Waals surface area contributed by atoms with E-state index in [-0.39, 0.29) is 12.7 Å². The first-order valence-electron chi connectivity index (χ1n) is 10.2. The average molecular weight is 445 g/mol. The fourth-order valence-corrected chi connectivity index (χ4v) is 2.63. The van der Waals surface area contributed by atoms with Crippen molar-refractivity contribution in [3.8, 4) is 0 Å². The summed E-state index contributed by atoms with van der Waals surface area (Å²) in [5.41, 5.74) is 0. The highest BCUT2D eigenvalue weighted by atomic mass is 32.1. The van der Waals surface area contributed by atoms with Crippen LogP contribution in [0.1, 0.15) is 25.7 Å². The second kappa shape index (κ2) is 25.5. The molecule has 0 spiro atoms. The number of rotatable bonds is 24. The normalized spacial score (nSPS) is 11.6. The molecule has 0 aliphatic rings. The Labute approximate surface area is 181 Å². The van der Waals surface area contributed by atoms with Gasteiger partial charge in [0.25, 0.3) is 0 Å². The second-order valence-corrected chi connectivity index (χ2v) is 6.90. The summed E-state index contributed by atoms with van der Waals surface area (Å²) >= 11 is 8.52. The molecule has 28 heavy (non-hydrogen) atoms. The van der Waals surface area contributed by atoms with E-state index in [9.17, 15) is 0 Å². The van der Waals surface area contributed by atoms with Crippen molar-refractivity contribution < 1.29 is 33.5 Å². The topological polar surface area (TPSA) is 75.6 Å². The number of hydrogen-bond acceptors (Lipinski definition) is 9. The predicted molar refractivity (Wildman–Crippen MR) is 117 cm³/mol. The molecular formula is C19H40O7S2. The molecule has 0 fully saturated rings. The molecule has 0 saturated carbocycles. The van der Waals surface area contributed by atoms with E-state index in [0.29, 0.717) is 72.7 Å². The minimum atomic E-state index is 0.0375. The summed E-state index contributed by atoms with van der Waals surface area (Å²) in [5, 5.41) is 8.54. The highest BCUT2D eigenvalue weighted by Gasteiger charge is 2.08. The van der Waals surface area contributed by atoms with E-state index in [0.717, 1.165) is 37.2 Å². The molecule has 0 saturated heterocycles. The van der Waals surface area contributed by atoms with Crippen LogP contribution in [0.3, 0.4) is 0 Å². The molecule has 7 nitrogen and oxygen atoms in total. The van der Waals surface area contributed by atoms with Gasteiger partial charge in [0.1, 0.15) is 0 Å². The van der Waals surface area contributed by atoms with Crippen molar-refractivity contribution in [3.63, 3.8) is 0 Å². The molecule has 0 heterocycles. The van der Waals surface area contributed by atoms with Crippen molar-refractivity contribution in [2.45, 2.75) is 31.8 Å². The lowest BCUT2D eigenvalue weighted by Gasteiger charge is -2.17. The maximum absolute atomic E-state index is 8.54. The SMILES string of the molecule is OCCOCCOCCOCCOCCOCCOC(CCCS)CCCS. The Bertz CT molecular complexity index is 281. The molecule has 0 atom stereocenters. The quantitative estimate of drug-likeness (QED) is 0.155. The summed E-state index contributed by atoms with van der Waals surface area (Å²) in [6.45, 7) is 5.79. The number of aliphatic hydroxyl groups is 1. The average Bonchev–Trinajstić information content (AvgIpc) is 2.71. The van der Waals surface area contributed by atoms with Crippen LogP contribution in [0.15, 0.2) is 0 Å². The maximum atomic E-state index is 8.54. The zero-order chi connectivity index (χ0) is 20.5. The molecule has 0 unspecified atom stereocenters. The maximum Gasteiger partial charge on any atom is 0.0704 e. The molecule has 0 aliphatic heterocycles. The van der Waals surface area contributed by atoms with E-state index in [2.05, 4.69) is 25.3 Å². The molecule has 0 radical (unpaired) electrons. The first-order chi connectivity index (χ1) is 13.8. The highest BCUT2D eigenvalue weighted by Crippen LogP contribution is 2.10. The van der Waals surface area contributed by atoms with Gasteiger partial charge in [-0.25, -0.2) is 0 Å². The number of ether oxygens (including phenoxy) is 6. The number of aliphatic hydroxyl groups excluding tert-OH is 1. The Morgan fingerprint density at radius 2 is 0.893 bits per heavy atom. The van der Waals surface area contributed by atoms with Gasteiger partial charge in [-0.2, -0.15) is 25.3 Å². The van der Waals surface area contributed by atoms with Crippen molar-refractivity contribution in [3.05, 3.63) is 0 Å². The van der Waals surface area contributed by atoms with E-state index >= 15 is 0 Å². The standard InChI is InChI=1S/C19H40O7S2/c20-5-6-21-7-8-22-9-10-23-11-12-24-13-14-25-15-16-26-19(3-1-17-27)4-2-18-28/h19-20,27-28H,1-18H2. The Morgan fingerprint density at radius 1 is 0.536 bits per heavy atom. The van der Waals surface area contributed by atoms with E-state index in [1.807, 2.05) is 0 Å². The van der Waals surface area contributed by atoms with Crippen molar-refractivity contribution in [2.24, 2.45) is 0 Å². The van der Waals surface area contributed by atoms with Gasteiger partial charge in [-0.1, -0.05) is 0 Å². The first kappa shape index (κ1) is 28.4. The minimum absolute atomic E-state index is 0.0375. The van der Waals surface area contributed by atoms with Gasteiger partial charge in [-0.05, 0) is 37.2 Å². The molecule has 0 rings (SSSR count). The zero-order valence-corrected chi connectivity index (χ0v) is 18.9. The largest absolute Gasteiger partial charge is 0.394 e. The van der Waals surface area contributed by atoms with Crippen LogP contribution in [-0.4, -0.2) is 102 Å². The molecule has 0 amide bonds. The summed E-state index contributed by atoms with van der Waals surface area (Å²) in [6, 6.07) is 0. The van der Waals surface area contributed by atoms with Gasteiger partial charge < -0.3 is 33.5 Å². The van der Waals surface area contributed by atoms with Crippen LogP contribution in [0.4, 0.5) is 0 Å². The Hall–Kier alpha value is 0.420. The van der Waals surface area contributed by atoms with Crippen molar-refractivity contribution >= 4 is 25.3 Å². The molecule has 0 aliphatic carbocycles. The zero-order valence-electron chi connectivity index (χ0n) is 17.1. The lowest BCUT2D eigenvalue weighted by atomic mass is 10.1. The van der Waals surface area contributed by atoms with Crippen LogP contribution in [0, 0.1) is 0 Å². The molecule has 0 bridgehead atoms. The third-order valence-corrected chi connectivity index (χ3v) is 4.31. The van der Waals surface area contributed by atoms with Gasteiger partial charge in [0.15, 0.2) is 0 Å². The number of hydrogen-bond donors (Lipinski definition) is 3. The van der Waals surface area contributed by atoms with Gasteiger partial charge >= 0.3 is 0 Å². The minimum Gasteiger partial charge on any atom is -0.394 e. The van der Waals surface area contributed by atoms with Crippen molar-refractivity contribution in [2.75, 3.05) is 90.8 Å². The fourth-order valence-electron chi connectivity index (χ4n) is 2.27. The Balaban J connectivity index is 3.23. The lowest BCUT2D eigenvalue weighted by molar-refractivity contribution is -0.0282. The monoisotopic (exact) mass is 444 g/mol. The Kier molecular flexibility index (Phi) is 25.8. The van der Waals surface area contributed by atoms with E-state index < -0.39 is 0 Å².